The number of esters is 1. The molecular weight excluding hydrogens is 745 g/mol. The molecule has 1 fully saturated rings. The third-order valence-corrected chi connectivity index (χ3v) is 11.0. The second-order valence-electron chi connectivity index (χ2n) is 11.4. The van der Waals surface area contributed by atoms with Crippen molar-refractivity contribution < 1.29 is 51.1 Å². The van der Waals surface area contributed by atoms with Gasteiger partial charge in [-0.3, -0.25) is 13.9 Å². The lowest BCUT2D eigenvalue weighted by Crippen LogP contribution is -2.39. The SMILES string of the molecule is Nc1nc(Cl)nc2c1ncn2[C@@H]1O[C@H](COP(=O)([O-])OP(=O)(N[C@@H](Cc2ccccc2)C(=O)OCc2ccccc2)Oc2ccccc2)C(O)[C@H]1F. The Hall–Kier alpha value is -4.28. The van der Waals surface area contributed by atoms with Crippen LogP contribution in [0.3, 0.4) is 0 Å². The zero-order chi connectivity index (χ0) is 36.9. The Labute approximate surface area is 300 Å². The molecular formula is C32H31ClFN6O10P2-. The van der Waals surface area contributed by atoms with Crippen LogP contribution >= 0.6 is 27.2 Å². The summed E-state index contributed by atoms with van der Waals surface area (Å²) >= 11 is 5.90. The number of aliphatic hydroxyl groups is 1. The Kier molecular flexibility index (Phi) is 11.7. The summed E-state index contributed by atoms with van der Waals surface area (Å²) in [7, 11) is -10.7. The van der Waals surface area contributed by atoms with E-state index in [2.05, 4.69) is 20.0 Å². The molecule has 0 saturated carbocycles. The lowest BCUT2D eigenvalue weighted by atomic mass is 10.1. The molecule has 6 rings (SSSR count). The first-order valence-electron chi connectivity index (χ1n) is 15.6. The van der Waals surface area contributed by atoms with Crippen LogP contribution in [-0.4, -0.2) is 61.6 Å². The highest BCUT2D eigenvalue weighted by Gasteiger charge is 2.47. The summed E-state index contributed by atoms with van der Waals surface area (Å²) in [4.78, 5) is 38.5. The number of ether oxygens (including phenoxy) is 2. The molecule has 274 valence electrons. The van der Waals surface area contributed by atoms with Crippen LogP contribution in [0.15, 0.2) is 97.3 Å². The summed E-state index contributed by atoms with van der Waals surface area (Å²) in [6.45, 7) is -1.12. The van der Waals surface area contributed by atoms with E-state index < -0.39 is 58.8 Å². The van der Waals surface area contributed by atoms with Crippen molar-refractivity contribution in [2.24, 2.45) is 0 Å². The minimum absolute atomic E-state index is 0.00539. The molecule has 7 atom stereocenters. The van der Waals surface area contributed by atoms with Gasteiger partial charge in [0.05, 0.1) is 12.9 Å². The van der Waals surface area contributed by atoms with Crippen molar-refractivity contribution in [3.63, 3.8) is 0 Å². The van der Waals surface area contributed by atoms with Crippen LogP contribution in [0.2, 0.25) is 5.28 Å². The largest absolute Gasteiger partial charge is 0.756 e. The molecule has 2 aromatic heterocycles. The van der Waals surface area contributed by atoms with Crippen LogP contribution in [0.25, 0.3) is 11.2 Å². The van der Waals surface area contributed by atoms with Gasteiger partial charge in [-0.05, 0) is 41.3 Å². The predicted molar refractivity (Wildman–Crippen MR) is 182 cm³/mol. The normalized spacial score (nSPS) is 21.6. The van der Waals surface area contributed by atoms with Crippen LogP contribution < -0.4 is 20.2 Å². The van der Waals surface area contributed by atoms with Gasteiger partial charge in [0, 0.05) is 0 Å². The Morgan fingerprint density at radius 1 is 1.04 bits per heavy atom. The molecule has 0 aliphatic carbocycles. The molecule has 5 aromatic rings. The fourth-order valence-corrected chi connectivity index (χ4v) is 8.32. The van der Waals surface area contributed by atoms with Gasteiger partial charge >= 0.3 is 13.7 Å². The molecule has 4 N–H and O–H groups in total. The number of phosphoric ester groups is 1. The number of anilines is 1. The molecule has 0 amide bonds. The van der Waals surface area contributed by atoms with Crippen LogP contribution in [0.5, 0.6) is 5.75 Å². The fraction of sp³-hybridized carbons (Fsp3) is 0.250. The molecule has 0 bridgehead atoms. The molecule has 1 aliphatic heterocycles. The van der Waals surface area contributed by atoms with Crippen LogP contribution in [-0.2, 0) is 45.3 Å². The number of nitrogens with zero attached hydrogens (tertiary/aromatic N) is 4. The molecule has 20 heteroatoms. The monoisotopic (exact) mass is 775 g/mol. The van der Waals surface area contributed by atoms with Crippen LogP contribution in [0.1, 0.15) is 17.4 Å². The van der Waals surface area contributed by atoms with Crippen molar-refractivity contribution >= 4 is 50.1 Å². The first kappa shape index (κ1) is 37.5. The zero-order valence-corrected chi connectivity index (χ0v) is 29.4. The topological polar surface area (TPSA) is 222 Å². The van der Waals surface area contributed by atoms with E-state index in [4.69, 9.17) is 40.2 Å². The first-order chi connectivity index (χ1) is 24.9. The maximum Gasteiger partial charge on any atom is 0.465 e. The number of benzene rings is 3. The maximum absolute atomic E-state index is 15.3. The van der Waals surface area contributed by atoms with Crippen molar-refractivity contribution in [3.05, 3.63) is 114 Å². The van der Waals surface area contributed by atoms with E-state index >= 15 is 4.39 Å². The van der Waals surface area contributed by atoms with Crippen molar-refractivity contribution in [1.29, 1.82) is 0 Å². The Balaban J connectivity index is 1.19. The van der Waals surface area contributed by atoms with Crippen molar-refractivity contribution in [2.75, 3.05) is 12.3 Å². The second kappa shape index (κ2) is 16.2. The molecule has 3 aromatic carbocycles. The summed E-state index contributed by atoms with van der Waals surface area (Å²) in [5.74, 6) is -1.06. The minimum Gasteiger partial charge on any atom is -0.756 e. The van der Waals surface area contributed by atoms with E-state index in [-0.39, 0.29) is 41.0 Å². The standard InChI is InChI=1S/C32H32ClFN6O10P2/c33-32-37-28(35)26-29(38-32)40(19-36-26)30-25(34)27(41)24(48-30)18-47-52(44,45)50-51(43,49-22-14-8-3-9-15-22)39-23(16-20-10-4-1-5-11-20)31(42)46-17-21-12-6-2-7-13-21/h1-15,19,23-25,27,30,41H,16-18H2,(H,39,43)(H,44,45)(H2,35,37,38)/p-1/t23-,24+,25+,27?,30+,51?/m0/s1. The number of imidazole rings is 1. The number of alkyl halides is 1. The van der Waals surface area contributed by atoms with Crippen LogP contribution in [0.4, 0.5) is 10.2 Å². The number of fused-ring (bicyclic) bond motifs is 1. The first-order valence-corrected chi connectivity index (χ1v) is 18.9. The Bertz CT molecular complexity index is 2090. The lowest BCUT2D eigenvalue weighted by molar-refractivity contribution is -0.220. The maximum atomic E-state index is 15.3. The quantitative estimate of drug-likeness (QED) is 0.0767. The molecule has 0 spiro atoms. The number of para-hydroxylation sites is 1. The number of phosphoric acid groups is 1. The Morgan fingerprint density at radius 3 is 2.35 bits per heavy atom. The molecule has 16 nitrogen and oxygen atoms in total. The van der Waals surface area contributed by atoms with Gasteiger partial charge < -0.3 is 34.3 Å². The van der Waals surface area contributed by atoms with Crippen molar-refractivity contribution in [3.8, 4) is 5.75 Å². The number of nitrogens with two attached hydrogens (primary N) is 1. The average molecular weight is 776 g/mol. The van der Waals surface area contributed by atoms with Gasteiger partial charge in [-0.1, -0.05) is 78.9 Å². The summed E-state index contributed by atoms with van der Waals surface area (Å²) < 4.78 is 70.6. The number of aliphatic hydroxyl groups excluding tert-OH is 1. The summed E-state index contributed by atoms with van der Waals surface area (Å²) in [6, 6.07) is 23.4. The third-order valence-electron chi connectivity index (χ3n) is 7.67. The highest BCUT2D eigenvalue weighted by molar-refractivity contribution is 7.63. The summed E-state index contributed by atoms with van der Waals surface area (Å²) in [5, 5.41) is 12.8. The van der Waals surface area contributed by atoms with E-state index in [1.165, 1.54) is 24.3 Å². The van der Waals surface area contributed by atoms with Gasteiger partial charge in [0.2, 0.25) is 5.28 Å². The van der Waals surface area contributed by atoms with Crippen molar-refractivity contribution in [1.82, 2.24) is 24.6 Å². The van der Waals surface area contributed by atoms with E-state index in [9.17, 15) is 23.9 Å². The highest BCUT2D eigenvalue weighted by atomic mass is 35.5. The summed E-state index contributed by atoms with van der Waals surface area (Å²) in [6.07, 6.45) is -6.14. The predicted octanol–water partition coefficient (Wildman–Crippen LogP) is 4.29. The molecule has 3 unspecified atom stereocenters. The number of halogens is 2. The number of nitrogens with one attached hydrogen (secondary N) is 1. The van der Waals surface area contributed by atoms with E-state index in [0.717, 1.165) is 10.9 Å². The van der Waals surface area contributed by atoms with Gasteiger partial charge in [0.25, 0.3) is 7.82 Å². The third kappa shape index (κ3) is 9.19. The van der Waals surface area contributed by atoms with Gasteiger partial charge in [-0.25, -0.2) is 18.3 Å². The highest BCUT2D eigenvalue weighted by Crippen LogP contribution is 2.58. The fourth-order valence-electron chi connectivity index (χ4n) is 5.22. The summed E-state index contributed by atoms with van der Waals surface area (Å²) in [5.41, 5.74) is 7.17. The minimum atomic E-state index is -5.65. The Morgan fingerprint density at radius 2 is 1.67 bits per heavy atom. The zero-order valence-electron chi connectivity index (χ0n) is 26.9. The smallest absolute Gasteiger partial charge is 0.465 e. The number of carbonyl (C=O) groups is 1. The number of hydrogen-bond donors (Lipinski definition) is 3. The van der Waals surface area contributed by atoms with Gasteiger partial charge in [-0.2, -0.15) is 15.1 Å². The lowest BCUT2D eigenvalue weighted by Gasteiger charge is -2.30. The average Bonchev–Trinajstić information content (AvgIpc) is 3.66. The molecule has 52 heavy (non-hydrogen) atoms. The second-order valence-corrected chi connectivity index (χ2v) is 15.0. The number of nitrogen functional groups attached to an aromatic ring is 1. The van der Waals surface area contributed by atoms with E-state index in [1.54, 1.807) is 66.7 Å². The van der Waals surface area contributed by atoms with Crippen molar-refractivity contribution in [2.45, 2.75) is 43.7 Å². The molecule has 3 heterocycles. The van der Waals surface area contributed by atoms with Gasteiger partial charge in [0.1, 0.15) is 36.1 Å². The molecule has 0 radical (unpaired) electrons. The van der Waals surface area contributed by atoms with Crippen LogP contribution in [0, 0.1) is 0 Å². The molecule has 1 aliphatic rings. The number of hydrogen-bond acceptors (Lipinski definition) is 14. The van der Waals surface area contributed by atoms with E-state index in [1.807, 2.05) is 0 Å². The number of rotatable bonds is 15. The van der Waals surface area contributed by atoms with Gasteiger partial charge in [0.15, 0.2) is 23.9 Å². The molecule has 1 saturated heterocycles. The number of aromatic nitrogens is 4. The number of carbonyl (C=O) groups excluding carboxylic acids is 1. The van der Waals surface area contributed by atoms with Gasteiger partial charge in [-0.15, -0.1) is 0 Å². The van der Waals surface area contributed by atoms with E-state index in [0.29, 0.717) is 11.1 Å².